The summed E-state index contributed by atoms with van der Waals surface area (Å²) < 4.78 is 23.1. The van der Waals surface area contributed by atoms with Gasteiger partial charge >= 0.3 is 5.97 Å². The van der Waals surface area contributed by atoms with Gasteiger partial charge in [-0.1, -0.05) is 43.5 Å². The predicted octanol–water partition coefficient (Wildman–Crippen LogP) is 4.43. The Bertz CT molecular complexity index is 682. The lowest BCUT2D eigenvalue weighted by molar-refractivity contribution is -0.150. The van der Waals surface area contributed by atoms with Crippen molar-refractivity contribution in [3.05, 3.63) is 65.5 Å². The van der Waals surface area contributed by atoms with Crippen molar-refractivity contribution in [1.29, 1.82) is 0 Å². The van der Waals surface area contributed by atoms with Crippen molar-refractivity contribution in [1.82, 2.24) is 0 Å². The lowest BCUT2D eigenvalue weighted by Crippen LogP contribution is -2.21. The number of benzene rings is 2. The van der Waals surface area contributed by atoms with Gasteiger partial charge in [0.15, 0.2) is 6.10 Å². The zero-order valence-electron chi connectivity index (χ0n) is 15.7. The van der Waals surface area contributed by atoms with E-state index in [1.165, 1.54) is 24.8 Å². The van der Waals surface area contributed by atoms with Crippen LogP contribution in [-0.4, -0.2) is 24.3 Å². The van der Waals surface area contributed by atoms with E-state index >= 15 is 0 Å². The lowest BCUT2D eigenvalue weighted by atomic mass is 10.0. The van der Waals surface area contributed by atoms with Crippen LogP contribution < -0.4 is 4.74 Å². The average molecular weight is 374 g/mol. The summed E-state index contributed by atoms with van der Waals surface area (Å²) >= 11 is 0. The summed E-state index contributed by atoms with van der Waals surface area (Å²) in [6.45, 7) is 0.414. The van der Waals surface area contributed by atoms with Crippen LogP contribution in [0, 0.1) is 5.82 Å². The predicted molar refractivity (Wildman–Crippen MR) is 102 cm³/mol. The van der Waals surface area contributed by atoms with Gasteiger partial charge in [-0.3, -0.25) is 0 Å². The lowest BCUT2D eigenvalue weighted by Gasteiger charge is -2.08. The first-order valence-electron chi connectivity index (χ1n) is 9.30. The SMILES string of the molecule is COC(=O)C(O)CCCCCCc1ccc(OCc2ccc(F)cc2)cc1. The zero-order chi connectivity index (χ0) is 19.5. The van der Waals surface area contributed by atoms with Crippen LogP contribution in [0.3, 0.4) is 0 Å². The number of unbranched alkanes of at least 4 members (excludes halogenated alkanes) is 3. The second-order valence-electron chi connectivity index (χ2n) is 6.55. The van der Waals surface area contributed by atoms with Gasteiger partial charge in [0.2, 0.25) is 0 Å². The van der Waals surface area contributed by atoms with Gasteiger partial charge in [-0.25, -0.2) is 9.18 Å². The number of hydrogen-bond acceptors (Lipinski definition) is 4. The number of methoxy groups -OCH3 is 1. The van der Waals surface area contributed by atoms with Crippen molar-refractivity contribution in [3.63, 3.8) is 0 Å². The minimum absolute atomic E-state index is 0.247. The molecule has 4 nitrogen and oxygen atoms in total. The highest BCUT2D eigenvalue weighted by Crippen LogP contribution is 2.17. The molecule has 0 bridgehead atoms. The summed E-state index contributed by atoms with van der Waals surface area (Å²) in [6, 6.07) is 14.3. The van der Waals surface area contributed by atoms with Gasteiger partial charge < -0.3 is 14.6 Å². The van der Waals surface area contributed by atoms with Crippen LogP contribution in [0.25, 0.3) is 0 Å². The zero-order valence-corrected chi connectivity index (χ0v) is 15.7. The highest BCUT2D eigenvalue weighted by atomic mass is 19.1. The molecule has 0 aromatic heterocycles. The van der Waals surface area contributed by atoms with E-state index in [9.17, 15) is 14.3 Å². The molecule has 0 aliphatic rings. The molecule has 1 atom stereocenters. The number of aryl methyl sites for hydroxylation is 1. The summed E-state index contributed by atoms with van der Waals surface area (Å²) in [4.78, 5) is 11.1. The van der Waals surface area contributed by atoms with Gasteiger partial charge in [0, 0.05) is 0 Å². The molecule has 0 saturated heterocycles. The summed E-state index contributed by atoms with van der Waals surface area (Å²) in [5.41, 5.74) is 2.18. The quantitative estimate of drug-likeness (QED) is 0.467. The number of ether oxygens (including phenoxy) is 2. The van der Waals surface area contributed by atoms with Crippen molar-refractivity contribution in [2.24, 2.45) is 0 Å². The Balaban J connectivity index is 1.61. The first kappa shape index (κ1) is 20.9. The maximum atomic E-state index is 12.9. The molecule has 0 aliphatic heterocycles. The van der Waals surface area contributed by atoms with Crippen LogP contribution in [0.1, 0.15) is 43.2 Å². The monoisotopic (exact) mass is 374 g/mol. The molecule has 5 heteroatoms. The van der Waals surface area contributed by atoms with Gasteiger partial charge in [-0.05, 0) is 54.7 Å². The number of aliphatic hydroxyl groups is 1. The average Bonchev–Trinajstić information content (AvgIpc) is 2.70. The molecule has 1 N–H and O–H groups in total. The minimum atomic E-state index is -1.00. The number of halogens is 1. The first-order valence-corrected chi connectivity index (χ1v) is 9.30. The number of rotatable bonds is 11. The van der Waals surface area contributed by atoms with Crippen LogP contribution in [0.2, 0.25) is 0 Å². The molecule has 0 saturated carbocycles. The molecule has 0 fully saturated rings. The van der Waals surface area contributed by atoms with E-state index in [2.05, 4.69) is 16.9 Å². The fraction of sp³-hybridized carbons (Fsp3) is 0.409. The molecule has 0 radical (unpaired) electrons. The highest BCUT2D eigenvalue weighted by Gasteiger charge is 2.13. The maximum absolute atomic E-state index is 12.9. The van der Waals surface area contributed by atoms with E-state index < -0.39 is 12.1 Å². The molecule has 27 heavy (non-hydrogen) atoms. The maximum Gasteiger partial charge on any atom is 0.334 e. The van der Waals surface area contributed by atoms with Gasteiger partial charge in [0.05, 0.1) is 7.11 Å². The molecule has 0 heterocycles. The molecule has 0 aliphatic carbocycles. The van der Waals surface area contributed by atoms with Crippen molar-refractivity contribution in [2.45, 2.75) is 51.2 Å². The van der Waals surface area contributed by atoms with E-state index in [-0.39, 0.29) is 5.82 Å². The normalized spacial score (nSPS) is 11.8. The smallest absolute Gasteiger partial charge is 0.334 e. The van der Waals surface area contributed by atoms with Gasteiger partial charge in [-0.15, -0.1) is 0 Å². The summed E-state index contributed by atoms with van der Waals surface area (Å²) in [5, 5.41) is 9.50. The fourth-order valence-electron chi connectivity index (χ4n) is 2.77. The van der Waals surface area contributed by atoms with Crippen LogP contribution in [0.5, 0.6) is 5.75 Å². The first-order chi connectivity index (χ1) is 13.1. The van der Waals surface area contributed by atoms with Gasteiger partial charge in [-0.2, -0.15) is 0 Å². The third kappa shape index (κ3) is 7.79. The van der Waals surface area contributed by atoms with E-state index in [4.69, 9.17) is 4.74 Å². The molecule has 2 aromatic carbocycles. The Hall–Kier alpha value is -2.40. The molecule has 1 unspecified atom stereocenters. The molecule has 146 valence electrons. The second-order valence-corrected chi connectivity index (χ2v) is 6.55. The molecular formula is C22H27FO4. The van der Waals surface area contributed by atoms with Crippen molar-refractivity contribution in [2.75, 3.05) is 7.11 Å². The Kier molecular flexibility index (Phi) is 8.78. The highest BCUT2D eigenvalue weighted by molar-refractivity contribution is 5.74. The van der Waals surface area contributed by atoms with Gasteiger partial charge in [0.1, 0.15) is 18.2 Å². The number of carbonyl (C=O) groups is 1. The van der Waals surface area contributed by atoms with Crippen molar-refractivity contribution >= 4 is 5.97 Å². The largest absolute Gasteiger partial charge is 0.489 e. The molecular weight excluding hydrogens is 347 g/mol. The Morgan fingerprint density at radius 2 is 1.59 bits per heavy atom. The fourth-order valence-corrected chi connectivity index (χ4v) is 2.77. The standard InChI is InChI=1S/C22H27FO4/c1-26-22(25)21(24)7-5-3-2-4-6-17-10-14-20(15-11-17)27-16-18-8-12-19(23)13-9-18/h8-15,21,24H,2-7,16H2,1H3. The van der Waals surface area contributed by atoms with E-state index in [1.54, 1.807) is 12.1 Å². The summed E-state index contributed by atoms with van der Waals surface area (Å²) in [7, 11) is 1.28. The van der Waals surface area contributed by atoms with Crippen LogP contribution in [0.4, 0.5) is 4.39 Å². The summed E-state index contributed by atoms with van der Waals surface area (Å²) in [5.74, 6) is -0.0145. The number of aliphatic hydroxyl groups excluding tert-OH is 1. The Morgan fingerprint density at radius 1 is 0.963 bits per heavy atom. The third-order valence-electron chi connectivity index (χ3n) is 4.41. The number of hydrogen-bond donors (Lipinski definition) is 1. The second kappa shape index (κ2) is 11.3. The van der Waals surface area contributed by atoms with E-state index in [0.717, 1.165) is 43.4 Å². The Morgan fingerprint density at radius 3 is 2.26 bits per heavy atom. The van der Waals surface area contributed by atoms with Crippen LogP contribution in [-0.2, 0) is 22.6 Å². The van der Waals surface area contributed by atoms with E-state index in [1.807, 2.05) is 12.1 Å². The molecule has 0 amide bonds. The molecule has 0 spiro atoms. The summed E-state index contributed by atoms with van der Waals surface area (Å²) in [6.07, 6.45) is 4.34. The van der Waals surface area contributed by atoms with Crippen LogP contribution >= 0.6 is 0 Å². The van der Waals surface area contributed by atoms with Crippen molar-refractivity contribution < 1.29 is 23.8 Å². The third-order valence-corrected chi connectivity index (χ3v) is 4.41. The van der Waals surface area contributed by atoms with Gasteiger partial charge in [0.25, 0.3) is 0 Å². The number of carbonyl (C=O) groups excluding carboxylic acids is 1. The van der Waals surface area contributed by atoms with Crippen LogP contribution in [0.15, 0.2) is 48.5 Å². The minimum Gasteiger partial charge on any atom is -0.489 e. The topological polar surface area (TPSA) is 55.8 Å². The van der Waals surface area contributed by atoms with Crippen molar-refractivity contribution in [3.8, 4) is 5.75 Å². The number of esters is 1. The molecule has 2 rings (SSSR count). The molecule has 2 aromatic rings. The van der Waals surface area contributed by atoms with E-state index in [0.29, 0.717) is 13.0 Å². The Labute approximate surface area is 159 Å².